The van der Waals surface area contributed by atoms with Crippen LogP contribution < -0.4 is 5.73 Å². The molecule has 1 aliphatic rings. The van der Waals surface area contributed by atoms with Gasteiger partial charge >= 0.3 is 10.1 Å². The molecule has 0 saturated heterocycles. The van der Waals surface area contributed by atoms with Gasteiger partial charge < -0.3 is 14.7 Å². The number of hydrogen-bond acceptors (Lipinski definition) is 6. The number of benzene rings is 1. The van der Waals surface area contributed by atoms with Crippen molar-refractivity contribution < 1.29 is 26.2 Å². The van der Waals surface area contributed by atoms with Crippen molar-refractivity contribution in [3.8, 4) is 0 Å². The van der Waals surface area contributed by atoms with E-state index in [1.807, 2.05) is 0 Å². The lowest BCUT2D eigenvalue weighted by Crippen LogP contribution is -2.16. The standard InChI is InChI=1S/C13H14ClNO5S/c1-2-7-21(17,18)20-12-10(16)11(19-13(12)15)8-3-5-9(14)6-4-8/h3-6,11H,2,7,15H2,1H3/t11-/m0/s1/i7D2,11D. The van der Waals surface area contributed by atoms with Crippen LogP contribution in [0.1, 0.15) is 29.1 Å². The summed E-state index contributed by atoms with van der Waals surface area (Å²) >= 11 is 5.74. The zero-order valence-electron chi connectivity index (χ0n) is 13.9. The highest BCUT2D eigenvalue weighted by Gasteiger charge is 2.39. The maximum Gasteiger partial charge on any atom is 0.309 e. The fourth-order valence-corrected chi connectivity index (χ4v) is 2.52. The highest BCUT2D eigenvalue weighted by molar-refractivity contribution is 7.86. The van der Waals surface area contributed by atoms with Crippen LogP contribution >= 0.6 is 11.6 Å². The molecule has 0 aromatic heterocycles. The maximum absolute atomic E-state index is 12.4. The fourth-order valence-electron chi connectivity index (χ4n) is 1.60. The summed E-state index contributed by atoms with van der Waals surface area (Å²) in [6, 6.07) is 5.54. The molecule has 1 heterocycles. The van der Waals surface area contributed by atoms with Gasteiger partial charge in [0.15, 0.2) is 6.08 Å². The van der Waals surface area contributed by atoms with Gasteiger partial charge in [-0.3, -0.25) is 4.79 Å². The Kier molecular flexibility index (Phi) is 3.36. The first-order valence-corrected chi connectivity index (χ1v) is 7.67. The molecule has 0 radical (unpaired) electrons. The van der Waals surface area contributed by atoms with Crippen LogP contribution in [0.15, 0.2) is 35.9 Å². The monoisotopic (exact) mass is 334 g/mol. The van der Waals surface area contributed by atoms with Gasteiger partial charge in [-0.1, -0.05) is 30.7 Å². The summed E-state index contributed by atoms with van der Waals surface area (Å²) in [4.78, 5) is 12.4. The summed E-state index contributed by atoms with van der Waals surface area (Å²) in [5, 5.41) is 0.365. The number of carbonyl (C=O) groups is 1. The van der Waals surface area contributed by atoms with E-state index in [0.717, 1.165) is 0 Å². The van der Waals surface area contributed by atoms with Gasteiger partial charge in [0.2, 0.25) is 17.4 Å². The quantitative estimate of drug-likeness (QED) is 0.826. The molecule has 0 amide bonds. The van der Waals surface area contributed by atoms with Crippen LogP contribution in [-0.2, 0) is 23.8 Å². The Morgan fingerprint density at radius 2 is 2.10 bits per heavy atom. The fraction of sp³-hybridized carbons (Fsp3) is 0.308. The van der Waals surface area contributed by atoms with Gasteiger partial charge in [0.25, 0.3) is 0 Å². The van der Waals surface area contributed by atoms with Crippen molar-refractivity contribution in [2.75, 3.05) is 5.70 Å². The normalized spacial score (nSPS) is 25.0. The molecular formula is C13H14ClNO5S. The Hall–Kier alpha value is -1.73. The molecule has 6 nitrogen and oxygen atoms in total. The highest BCUT2D eigenvalue weighted by atomic mass is 35.5. The van der Waals surface area contributed by atoms with E-state index in [-0.39, 0.29) is 5.56 Å². The van der Waals surface area contributed by atoms with Gasteiger partial charge in [0.1, 0.15) is 0 Å². The molecule has 2 N–H and O–H groups in total. The molecule has 0 aliphatic carbocycles. The van der Waals surface area contributed by atoms with Gasteiger partial charge in [-0.2, -0.15) is 8.42 Å². The van der Waals surface area contributed by atoms with Crippen LogP contribution in [0.5, 0.6) is 0 Å². The Morgan fingerprint density at radius 3 is 2.67 bits per heavy atom. The summed E-state index contributed by atoms with van der Waals surface area (Å²) < 4.78 is 56.5. The Balaban J connectivity index is 2.36. The van der Waals surface area contributed by atoms with Gasteiger partial charge in [0, 0.05) is 13.3 Å². The Bertz CT molecular complexity index is 809. The van der Waals surface area contributed by atoms with Crippen molar-refractivity contribution in [1.82, 2.24) is 0 Å². The number of hydrogen-bond donors (Lipinski definition) is 1. The summed E-state index contributed by atoms with van der Waals surface area (Å²) in [6.07, 6.45) is -2.74. The molecule has 114 valence electrons. The minimum atomic E-state index is -4.81. The molecule has 1 atom stereocenters. The third-order valence-corrected chi connectivity index (χ3v) is 3.75. The molecule has 0 saturated carbocycles. The summed E-state index contributed by atoms with van der Waals surface area (Å²) in [6.45, 7) is 1.30. The van der Waals surface area contributed by atoms with Gasteiger partial charge in [-0.15, -0.1) is 0 Å². The van der Waals surface area contributed by atoms with Gasteiger partial charge in [-0.05, 0) is 18.6 Å². The minimum absolute atomic E-state index is 0.0642. The molecule has 0 unspecified atom stereocenters. The van der Waals surface area contributed by atoms with Crippen molar-refractivity contribution in [3.05, 3.63) is 46.5 Å². The summed E-state index contributed by atoms with van der Waals surface area (Å²) in [5.74, 6) is -2.78. The molecule has 0 spiro atoms. The molecule has 8 heteroatoms. The largest absolute Gasteiger partial charge is 0.460 e. The lowest BCUT2D eigenvalue weighted by molar-refractivity contribution is -0.123. The lowest BCUT2D eigenvalue weighted by atomic mass is 10.1. The van der Waals surface area contributed by atoms with Crippen molar-refractivity contribution in [2.45, 2.75) is 19.4 Å². The molecule has 1 aromatic rings. The van der Waals surface area contributed by atoms with Crippen LogP contribution in [0.25, 0.3) is 0 Å². The third-order valence-electron chi connectivity index (χ3n) is 2.47. The van der Waals surface area contributed by atoms with Crippen molar-refractivity contribution in [2.24, 2.45) is 5.73 Å². The first kappa shape index (κ1) is 11.9. The van der Waals surface area contributed by atoms with E-state index in [4.69, 9.17) is 26.2 Å². The predicted octanol–water partition coefficient (Wildman–Crippen LogP) is 1.86. The predicted molar refractivity (Wildman–Crippen MR) is 76.7 cm³/mol. The molecular weight excluding hydrogens is 318 g/mol. The summed E-state index contributed by atoms with van der Waals surface area (Å²) in [7, 11) is -4.81. The third kappa shape index (κ3) is 3.48. The van der Waals surface area contributed by atoms with Crippen LogP contribution in [0.4, 0.5) is 0 Å². The van der Waals surface area contributed by atoms with E-state index in [2.05, 4.69) is 4.18 Å². The maximum atomic E-state index is 12.4. The first-order chi connectivity index (χ1) is 10.9. The van der Waals surface area contributed by atoms with E-state index in [1.165, 1.54) is 31.2 Å². The van der Waals surface area contributed by atoms with Crippen LogP contribution in [0, 0.1) is 0 Å². The number of ether oxygens (including phenoxy) is 1. The molecule has 1 aliphatic heterocycles. The van der Waals surface area contributed by atoms with Crippen LogP contribution in [0.2, 0.25) is 5.02 Å². The van der Waals surface area contributed by atoms with E-state index in [0.29, 0.717) is 5.02 Å². The number of Topliss-reactive ketones (excluding diaryl/α,β-unsaturated/α-hetero) is 1. The minimum Gasteiger partial charge on any atom is -0.460 e. The number of halogens is 1. The molecule has 2 rings (SSSR count). The lowest BCUT2D eigenvalue weighted by Gasteiger charge is -2.09. The SMILES string of the molecule is [2H]C([2H])(CC)S(=O)(=O)OC1=C(N)O[C@@]([2H])(c2ccc(Cl)cc2)C1=O. The molecule has 1 aromatic carbocycles. The molecule has 0 bridgehead atoms. The first-order valence-electron chi connectivity index (χ1n) is 7.38. The number of nitrogens with two attached hydrogens (primary N) is 1. The zero-order valence-corrected chi connectivity index (χ0v) is 12.5. The number of rotatable bonds is 5. The number of ketones is 1. The van der Waals surface area contributed by atoms with Gasteiger partial charge in [0.05, 0.1) is 7.08 Å². The summed E-state index contributed by atoms with van der Waals surface area (Å²) in [5.41, 5.74) is 2.82. The van der Waals surface area contributed by atoms with Crippen molar-refractivity contribution >= 4 is 27.5 Å². The van der Waals surface area contributed by atoms with Crippen LogP contribution in [0.3, 0.4) is 0 Å². The second-order valence-electron chi connectivity index (χ2n) is 4.00. The second kappa shape index (κ2) is 5.95. The van der Waals surface area contributed by atoms with Crippen LogP contribution in [-0.4, -0.2) is 19.9 Å². The van der Waals surface area contributed by atoms with E-state index >= 15 is 0 Å². The van der Waals surface area contributed by atoms with E-state index < -0.39 is 45.7 Å². The molecule has 21 heavy (non-hydrogen) atoms. The average Bonchev–Trinajstić information content (AvgIpc) is 2.72. The zero-order chi connectivity index (χ0) is 18.3. The Labute approximate surface area is 131 Å². The number of carbonyl (C=O) groups excluding carboxylic acids is 1. The smallest absolute Gasteiger partial charge is 0.309 e. The average molecular weight is 335 g/mol. The van der Waals surface area contributed by atoms with E-state index in [9.17, 15) is 13.2 Å². The van der Waals surface area contributed by atoms with Crippen molar-refractivity contribution in [3.63, 3.8) is 0 Å². The highest BCUT2D eigenvalue weighted by Crippen LogP contribution is 2.32. The molecule has 0 fully saturated rings. The Morgan fingerprint density at radius 1 is 1.48 bits per heavy atom. The topological polar surface area (TPSA) is 95.7 Å². The van der Waals surface area contributed by atoms with E-state index in [1.54, 1.807) is 0 Å². The van der Waals surface area contributed by atoms with Gasteiger partial charge in [-0.25, -0.2) is 0 Å². The second-order valence-corrected chi connectivity index (χ2v) is 5.80. The van der Waals surface area contributed by atoms with Crippen molar-refractivity contribution in [1.29, 1.82) is 0 Å².